The van der Waals surface area contributed by atoms with Gasteiger partial charge in [0.25, 0.3) is 16.7 Å². The normalized spacial score (nSPS) is 11.1. The highest BCUT2D eigenvalue weighted by atomic mass is 16.5. The summed E-state index contributed by atoms with van der Waals surface area (Å²) in [5.74, 6) is 1.59. The Kier molecular flexibility index (Phi) is 9.50. The van der Waals surface area contributed by atoms with E-state index in [9.17, 15) is 24.6 Å². The number of fused-ring (bicyclic) bond motifs is 9. The van der Waals surface area contributed by atoms with Gasteiger partial charge < -0.3 is 33.8 Å². The lowest BCUT2D eigenvalue weighted by atomic mass is 10.0. The molecule has 0 aliphatic rings. The number of phenols is 2. The van der Waals surface area contributed by atoms with E-state index in [-0.39, 0.29) is 28.2 Å². The molecule has 55 heavy (non-hydrogen) atoms. The van der Waals surface area contributed by atoms with Crippen molar-refractivity contribution in [1.29, 1.82) is 0 Å². The fourth-order valence-corrected chi connectivity index (χ4v) is 7.02. The van der Waals surface area contributed by atoms with Crippen LogP contribution < -0.4 is 26.2 Å². The van der Waals surface area contributed by atoms with Gasteiger partial charge in [0.15, 0.2) is 0 Å². The molecule has 0 fully saturated rings. The van der Waals surface area contributed by atoms with Crippen LogP contribution in [0.2, 0.25) is 0 Å². The first-order valence-electron chi connectivity index (χ1n) is 17.5. The topological polar surface area (TPSA) is 136 Å². The summed E-state index contributed by atoms with van der Waals surface area (Å²) in [6, 6.07) is 33.1. The molecular weight excluding hydrogens is 695 g/mol. The molecule has 0 bridgehead atoms. The minimum absolute atomic E-state index is 0.00648. The van der Waals surface area contributed by atoms with Crippen LogP contribution in [0.1, 0.15) is 11.1 Å². The molecule has 9 rings (SSSR count). The summed E-state index contributed by atoms with van der Waals surface area (Å²) < 4.78 is 13.5. The standard InChI is InChI=1S/C16H15NO2.C15H13NO2.C14H11NO3/c1-10-4-6-13-12-7-5-11(19-3)9-14(12)16(18)17(2)15(13)8-10;1-9-3-5-12-11-6-4-10(18-2)8-13(11)15(17)16-14(12)7-9;1-15-13-7-9(17)3-5-11(13)10-4-2-8(16)6-12(10)14(15)18/h4-9H,1-3H3;3-8H,1-2H3,(H,16,17);2-7,16-17H,1H3. The van der Waals surface area contributed by atoms with E-state index >= 15 is 0 Å². The number of benzene rings is 6. The first kappa shape index (κ1) is 36.3. The van der Waals surface area contributed by atoms with Crippen LogP contribution in [0.5, 0.6) is 23.0 Å². The summed E-state index contributed by atoms with van der Waals surface area (Å²) in [4.78, 5) is 39.6. The number of rotatable bonds is 2. The zero-order valence-electron chi connectivity index (χ0n) is 31.2. The lowest BCUT2D eigenvalue weighted by molar-refractivity contribution is 0.415. The Bertz CT molecular complexity index is 3160. The van der Waals surface area contributed by atoms with Crippen molar-refractivity contribution in [1.82, 2.24) is 14.1 Å². The predicted octanol–water partition coefficient (Wildman–Crippen LogP) is 8.11. The summed E-state index contributed by atoms with van der Waals surface area (Å²) in [5, 5.41) is 26.5. The van der Waals surface area contributed by atoms with Gasteiger partial charge in [-0.15, -0.1) is 0 Å². The third kappa shape index (κ3) is 6.70. The molecule has 3 aromatic heterocycles. The molecule has 6 aromatic carbocycles. The smallest absolute Gasteiger partial charge is 0.258 e. The van der Waals surface area contributed by atoms with Crippen molar-refractivity contribution in [2.75, 3.05) is 14.2 Å². The monoisotopic (exact) mass is 733 g/mol. The number of hydrogen-bond donors (Lipinski definition) is 3. The summed E-state index contributed by atoms with van der Waals surface area (Å²) in [5.41, 5.74) is 4.51. The Morgan fingerprint density at radius 1 is 0.473 bits per heavy atom. The minimum Gasteiger partial charge on any atom is -0.508 e. The highest BCUT2D eigenvalue weighted by Gasteiger charge is 2.11. The number of phenolic OH excluding ortho intramolecular Hbond substituents is 2. The van der Waals surface area contributed by atoms with Gasteiger partial charge in [-0.1, -0.05) is 24.3 Å². The third-order valence-corrected chi connectivity index (χ3v) is 9.92. The lowest BCUT2D eigenvalue weighted by Crippen LogP contribution is -2.17. The number of aromatic amines is 1. The van der Waals surface area contributed by atoms with Gasteiger partial charge in [-0.25, -0.2) is 0 Å². The zero-order valence-corrected chi connectivity index (χ0v) is 31.2. The highest BCUT2D eigenvalue weighted by molar-refractivity contribution is 6.08. The van der Waals surface area contributed by atoms with Gasteiger partial charge in [-0.3, -0.25) is 14.4 Å². The van der Waals surface area contributed by atoms with E-state index in [2.05, 4.69) is 17.1 Å². The van der Waals surface area contributed by atoms with Crippen LogP contribution in [0.25, 0.3) is 65.0 Å². The van der Waals surface area contributed by atoms with E-state index in [1.165, 1.54) is 10.6 Å². The van der Waals surface area contributed by atoms with E-state index in [0.717, 1.165) is 54.5 Å². The number of aryl methyl sites for hydroxylation is 4. The number of ether oxygens (including phenoxy) is 2. The van der Waals surface area contributed by atoms with Gasteiger partial charge >= 0.3 is 0 Å². The molecule has 276 valence electrons. The fraction of sp³-hybridized carbons (Fsp3) is 0.133. The molecule has 0 saturated carbocycles. The molecule has 3 heterocycles. The summed E-state index contributed by atoms with van der Waals surface area (Å²) in [6.07, 6.45) is 0. The molecule has 0 saturated heterocycles. The average Bonchev–Trinajstić information content (AvgIpc) is 3.19. The van der Waals surface area contributed by atoms with E-state index in [1.807, 2.05) is 69.4 Å². The van der Waals surface area contributed by atoms with E-state index in [0.29, 0.717) is 33.2 Å². The van der Waals surface area contributed by atoms with Crippen LogP contribution >= 0.6 is 0 Å². The van der Waals surface area contributed by atoms with Crippen LogP contribution in [0.15, 0.2) is 124 Å². The van der Waals surface area contributed by atoms with Crippen molar-refractivity contribution in [2.24, 2.45) is 14.1 Å². The first-order chi connectivity index (χ1) is 26.4. The van der Waals surface area contributed by atoms with Crippen LogP contribution in [0.3, 0.4) is 0 Å². The van der Waals surface area contributed by atoms with Crippen LogP contribution in [0, 0.1) is 13.8 Å². The van der Waals surface area contributed by atoms with Crippen LogP contribution in [-0.2, 0) is 14.1 Å². The van der Waals surface area contributed by atoms with Crippen LogP contribution in [-0.4, -0.2) is 38.6 Å². The molecule has 0 unspecified atom stereocenters. The van der Waals surface area contributed by atoms with E-state index in [4.69, 9.17) is 9.47 Å². The van der Waals surface area contributed by atoms with Gasteiger partial charge in [0.1, 0.15) is 23.0 Å². The zero-order chi connectivity index (χ0) is 39.1. The number of H-pyrrole nitrogens is 1. The van der Waals surface area contributed by atoms with Gasteiger partial charge in [0.2, 0.25) is 0 Å². The number of nitrogens with one attached hydrogen (secondary N) is 1. The predicted molar refractivity (Wildman–Crippen MR) is 221 cm³/mol. The molecule has 10 nitrogen and oxygen atoms in total. The Hall–Kier alpha value is -7.07. The maximum Gasteiger partial charge on any atom is 0.258 e. The van der Waals surface area contributed by atoms with Crippen molar-refractivity contribution < 1.29 is 19.7 Å². The third-order valence-electron chi connectivity index (χ3n) is 9.92. The molecule has 0 atom stereocenters. The minimum atomic E-state index is -0.195. The number of pyridine rings is 3. The van der Waals surface area contributed by atoms with Crippen molar-refractivity contribution >= 4 is 65.0 Å². The number of nitrogens with zero attached hydrogens (tertiary/aromatic N) is 2. The summed E-state index contributed by atoms with van der Waals surface area (Å²) in [7, 11) is 6.66. The largest absolute Gasteiger partial charge is 0.508 e. The number of aromatic nitrogens is 3. The molecule has 3 N–H and O–H groups in total. The van der Waals surface area contributed by atoms with Crippen molar-refractivity contribution in [3.63, 3.8) is 0 Å². The summed E-state index contributed by atoms with van der Waals surface area (Å²) in [6.45, 7) is 4.04. The maximum atomic E-state index is 12.4. The van der Waals surface area contributed by atoms with Crippen LogP contribution in [0.4, 0.5) is 0 Å². The maximum absolute atomic E-state index is 12.4. The quantitative estimate of drug-likeness (QED) is 0.153. The SMILES string of the molecule is COc1ccc2c(c1)c(=O)[nH]c1cc(C)ccc12.COc1ccc2c(c1)c(=O)n(C)c1cc(C)ccc21.Cn1c(=O)c2cc(O)ccc2c2ccc(O)cc21. The second-order valence-corrected chi connectivity index (χ2v) is 13.5. The summed E-state index contributed by atoms with van der Waals surface area (Å²) >= 11 is 0. The molecule has 0 spiro atoms. The molecule has 10 heteroatoms. The number of methoxy groups -OCH3 is 2. The van der Waals surface area contributed by atoms with Gasteiger partial charge in [-0.05, 0) is 120 Å². The van der Waals surface area contributed by atoms with E-state index < -0.39 is 0 Å². The Labute approximate surface area is 314 Å². The van der Waals surface area contributed by atoms with Gasteiger partial charge in [-0.2, -0.15) is 0 Å². The second kappa shape index (κ2) is 14.4. The Morgan fingerprint density at radius 3 is 1.51 bits per heavy atom. The number of hydrogen-bond acceptors (Lipinski definition) is 7. The highest BCUT2D eigenvalue weighted by Crippen LogP contribution is 2.29. The molecule has 0 aliphatic heterocycles. The first-order valence-corrected chi connectivity index (χ1v) is 17.5. The van der Waals surface area contributed by atoms with Crippen molar-refractivity contribution in [3.8, 4) is 23.0 Å². The van der Waals surface area contributed by atoms with Crippen molar-refractivity contribution in [2.45, 2.75) is 13.8 Å². The lowest BCUT2D eigenvalue weighted by Gasteiger charge is -2.10. The molecule has 0 radical (unpaired) electrons. The molecular formula is C45H39N3O7. The fourth-order valence-electron chi connectivity index (χ4n) is 7.02. The molecule has 0 aliphatic carbocycles. The van der Waals surface area contributed by atoms with Gasteiger partial charge in [0, 0.05) is 41.8 Å². The van der Waals surface area contributed by atoms with Gasteiger partial charge in [0.05, 0.1) is 41.4 Å². The number of aromatic hydroxyl groups is 2. The Morgan fingerprint density at radius 2 is 0.909 bits per heavy atom. The Balaban J connectivity index is 0.000000127. The van der Waals surface area contributed by atoms with Crippen molar-refractivity contribution in [3.05, 3.63) is 151 Å². The second-order valence-electron chi connectivity index (χ2n) is 13.5. The average molecular weight is 734 g/mol. The molecule has 9 aromatic rings. The van der Waals surface area contributed by atoms with E-state index in [1.54, 1.807) is 68.3 Å². The molecule has 0 amide bonds.